The van der Waals surface area contributed by atoms with Gasteiger partial charge in [-0.2, -0.15) is 0 Å². The zero-order chi connectivity index (χ0) is 17.1. The molecule has 1 fully saturated rings. The van der Waals surface area contributed by atoms with E-state index in [2.05, 4.69) is 5.29 Å². The van der Waals surface area contributed by atoms with Gasteiger partial charge in [0.25, 0.3) is 0 Å². The maximum Gasteiger partial charge on any atom is 0.141 e. The van der Waals surface area contributed by atoms with Crippen molar-refractivity contribution in [2.45, 2.75) is 32.4 Å². The van der Waals surface area contributed by atoms with Gasteiger partial charge in [-0.25, -0.2) is 5.01 Å². The SMILES string of the molecule is CC(C)[C@@H]1C(=O)C[C@@H](c2ccccc2)N(N=O)[C@H]1c1ccccc1. The second-order valence-corrected chi connectivity index (χ2v) is 6.68. The van der Waals surface area contributed by atoms with Gasteiger partial charge < -0.3 is 0 Å². The van der Waals surface area contributed by atoms with Crippen LogP contribution in [0.25, 0.3) is 0 Å². The molecule has 2 aromatic rings. The van der Waals surface area contributed by atoms with E-state index in [-0.39, 0.29) is 29.7 Å². The topological polar surface area (TPSA) is 49.7 Å². The Kier molecular flexibility index (Phi) is 4.74. The lowest BCUT2D eigenvalue weighted by Gasteiger charge is -2.43. The van der Waals surface area contributed by atoms with Gasteiger partial charge in [0.15, 0.2) is 0 Å². The molecule has 0 saturated carbocycles. The molecule has 4 nitrogen and oxygen atoms in total. The Labute approximate surface area is 142 Å². The van der Waals surface area contributed by atoms with Crippen LogP contribution in [-0.2, 0) is 4.79 Å². The Hall–Kier alpha value is -2.49. The number of nitrogens with zero attached hydrogens (tertiary/aromatic N) is 2. The molecule has 2 aromatic carbocycles. The summed E-state index contributed by atoms with van der Waals surface area (Å²) in [6.45, 7) is 4.06. The lowest BCUT2D eigenvalue weighted by molar-refractivity contribution is -0.135. The summed E-state index contributed by atoms with van der Waals surface area (Å²) in [5.74, 6) is 0.112. The maximum atomic E-state index is 12.9. The van der Waals surface area contributed by atoms with E-state index in [0.717, 1.165) is 11.1 Å². The van der Waals surface area contributed by atoms with Crippen molar-refractivity contribution >= 4 is 5.78 Å². The van der Waals surface area contributed by atoms with Crippen LogP contribution in [0.5, 0.6) is 0 Å². The van der Waals surface area contributed by atoms with Crippen molar-refractivity contribution in [2.75, 3.05) is 0 Å². The fourth-order valence-corrected chi connectivity index (χ4v) is 3.75. The Morgan fingerprint density at radius 1 is 0.958 bits per heavy atom. The second kappa shape index (κ2) is 6.95. The van der Waals surface area contributed by atoms with Gasteiger partial charge in [0, 0.05) is 12.3 Å². The number of Topliss-reactive ketones (excluding diaryl/α,β-unsaturated/α-hetero) is 1. The van der Waals surface area contributed by atoms with Gasteiger partial charge in [-0.1, -0.05) is 74.5 Å². The van der Waals surface area contributed by atoms with Crippen LogP contribution < -0.4 is 0 Å². The van der Waals surface area contributed by atoms with Crippen molar-refractivity contribution in [3.63, 3.8) is 0 Å². The van der Waals surface area contributed by atoms with E-state index < -0.39 is 0 Å². The van der Waals surface area contributed by atoms with E-state index in [1.807, 2.05) is 74.5 Å². The van der Waals surface area contributed by atoms with Crippen molar-refractivity contribution in [3.8, 4) is 0 Å². The molecule has 124 valence electrons. The zero-order valence-electron chi connectivity index (χ0n) is 14.0. The standard InChI is InChI=1S/C20H22N2O2/c1-14(2)19-18(23)13-17(15-9-5-3-6-10-15)22(21-24)20(19)16-11-7-4-8-12-16/h3-12,14,17,19-20H,13H2,1-2H3/t17-,19+,20-/m0/s1. The average Bonchev–Trinajstić information content (AvgIpc) is 2.62. The normalized spacial score (nSPS) is 24.2. The second-order valence-electron chi connectivity index (χ2n) is 6.68. The highest BCUT2D eigenvalue weighted by atomic mass is 16.3. The Morgan fingerprint density at radius 2 is 1.50 bits per heavy atom. The molecule has 0 aromatic heterocycles. The van der Waals surface area contributed by atoms with Crippen LogP contribution in [0.2, 0.25) is 0 Å². The van der Waals surface area contributed by atoms with E-state index in [0.29, 0.717) is 6.42 Å². The number of rotatable bonds is 4. The van der Waals surface area contributed by atoms with Crippen LogP contribution in [0.1, 0.15) is 43.5 Å². The predicted octanol–water partition coefficient (Wildman–Crippen LogP) is 4.70. The summed E-state index contributed by atoms with van der Waals surface area (Å²) in [6.07, 6.45) is 0.321. The predicted molar refractivity (Wildman–Crippen MR) is 94.0 cm³/mol. The van der Waals surface area contributed by atoms with Gasteiger partial charge >= 0.3 is 0 Å². The van der Waals surface area contributed by atoms with Crippen LogP contribution in [0.3, 0.4) is 0 Å². The molecule has 0 spiro atoms. The summed E-state index contributed by atoms with van der Waals surface area (Å²) < 4.78 is 0. The zero-order valence-corrected chi connectivity index (χ0v) is 14.0. The van der Waals surface area contributed by atoms with Crippen molar-refractivity contribution in [2.24, 2.45) is 17.1 Å². The van der Waals surface area contributed by atoms with E-state index in [9.17, 15) is 9.70 Å². The molecule has 0 N–H and O–H groups in total. The van der Waals surface area contributed by atoms with Gasteiger partial charge in [-0.3, -0.25) is 4.79 Å². The number of piperidine rings is 1. The molecule has 0 radical (unpaired) electrons. The highest BCUT2D eigenvalue weighted by molar-refractivity contribution is 5.84. The molecule has 3 rings (SSSR count). The first-order valence-electron chi connectivity index (χ1n) is 8.37. The van der Waals surface area contributed by atoms with E-state index in [4.69, 9.17) is 0 Å². The highest BCUT2D eigenvalue weighted by Crippen LogP contribution is 2.45. The number of hydrogen-bond acceptors (Lipinski definition) is 3. The number of nitroso groups, excluding NO2 is 1. The first-order valence-corrected chi connectivity index (χ1v) is 8.37. The molecule has 0 amide bonds. The third-order valence-corrected chi connectivity index (χ3v) is 4.85. The molecular formula is C20H22N2O2. The van der Waals surface area contributed by atoms with Crippen LogP contribution in [0, 0.1) is 16.7 Å². The molecule has 0 unspecified atom stereocenters. The Balaban J connectivity index is 2.08. The summed E-state index contributed by atoms with van der Waals surface area (Å²) in [6, 6.07) is 18.8. The summed E-state index contributed by atoms with van der Waals surface area (Å²) in [5, 5.41) is 4.96. The van der Waals surface area contributed by atoms with Gasteiger partial charge in [0.1, 0.15) is 5.78 Å². The van der Waals surface area contributed by atoms with Crippen LogP contribution >= 0.6 is 0 Å². The van der Waals surface area contributed by atoms with Crippen molar-refractivity contribution in [3.05, 3.63) is 76.7 Å². The number of benzene rings is 2. The first-order chi connectivity index (χ1) is 11.6. The molecule has 1 heterocycles. The number of hydrogen-bond donors (Lipinski definition) is 0. The monoisotopic (exact) mass is 322 g/mol. The van der Waals surface area contributed by atoms with Gasteiger partial charge in [0.05, 0.1) is 17.4 Å². The summed E-state index contributed by atoms with van der Waals surface area (Å²) >= 11 is 0. The minimum Gasteiger partial charge on any atom is -0.299 e. The largest absolute Gasteiger partial charge is 0.299 e. The van der Waals surface area contributed by atoms with Crippen molar-refractivity contribution < 1.29 is 4.79 Å². The van der Waals surface area contributed by atoms with Crippen LogP contribution in [0.4, 0.5) is 0 Å². The average molecular weight is 322 g/mol. The molecule has 1 aliphatic heterocycles. The molecule has 1 aliphatic rings. The van der Waals surface area contributed by atoms with Crippen LogP contribution in [-0.4, -0.2) is 10.8 Å². The third-order valence-electron chi connectivity index (χ3n) is 4.85. The lowest BCUT2D eigenvalue weighted by atomic mass is 9.75. The fraction of sp³-hybridized carbons (Fsp3) is 0.350. The fourth-order valence-electron chi connectivity index (χ4n) is 3.75. The summed E-state index contributed by atoms with van der Waals surface area (Å²) in [4.78, 5) is 24.7. The lowest BCUT2D eigenvalue weighted by Crippen LogP contribution is -2.44. The molecule has 24 heavy (non-hydrogen) atoms. The van der Waals surface area contributed by atoms with E-state index in [1.54, 1.807) is 5.01 Å². The number of carbonyl (C=O) groups excluding carboxylic acids is 1. The van der Waals surface area contributed by atoms with E-state index >= 15 is 0 Å². The minimum atomic E-state index is -0.324. The molecule has 3 atom stereocenters. The van der Waals surface area contributed by atoms with Crippen LogP contribution in [0.15, 0.2) is 65.9 Å². The minimum absolute atomic E-state index is 0.142. The quantitative estimate of drug-likeness (QED) is 0.767. The number of carbonyl (C=O) groups is 1. The summed E-state index contributed by atoms with van der Waals surface area (Å²) in [7, 11) is 0. The molecule has 0 aliphatic carbocycles. The number of ketones is 1. The van der Waals surface area contributed by atoms with Gasteiger partial charge in [-0.15, -0.1) is 4.91 Å². The maximum absolute atomic E-state index is 12.9. The van der Waals surface area contributed by atoms with Crippen molar-refractivity contribution in [1.82, 2.24) is 5.01 Å². The molecule has 0 bridgehead atoms. The first kappa shape index (κ1) is 16.4. The molecular weight excluding hydrogens is 300 g/mol. The van der Waals surface area contributed by atoms with E-state index in [1.165, 1.54) is 0 Å². The Morgan fingerprint density at radius 3 is 2.00 bits per heavy atom. The van der Waals surface area contributed by atoms with Crippen molar-refractivity contribution in [1.29, 1.82) is 0 Å². The molecule has 4 heteroatoms. The summed E-state index contributed by atoms with van der Waals surface area (Å²) in [5.41, 5.74) is 1.92. The third kappa shape index (κ3) is 2.96. The molecule has 1 saturated heterocycles. The van der Waals surface area contributed by atoms with Gasteiger partial charge in [0.2, 0.25) is 0 Å². The highest BCUT2D eigenvalue weighted by Gasteiger charge is 2.45. The van der Waals surface area contributed by atoms with Gasteiger partial charge in [-0.05, 0) is 17.0 Å². The Bertz CT molecular complexity index is 700. The smallest absolute Gasteiger partial charge is 0.141 e.